The van der Waals surface area contributed by atoms with Gasteiger partial charge in [0, 0.05) is 33.3 Å². The van der Waals surface area contributed by atoms with Gasteiger partial charge in [0.2, 0.25) is 6.04 Å². The molecule has 1 fully saturated rings. The second-order valence-corrected chi connectivity index (χ2v) is 6.59. The molecule has 4 nitrogen and oxygen atoms in total. The molecule has 2 aliphatic rings. The molecule has 0 aromatic rings. The van der Waals surface area contributed by atoms with E-state index in [-0.39, 0.29) is 16.8 Å². The number of nitrogens with zero attached hydrogens (tertiary/aromatic N) is 1. The van der Waals surface area contributed by atoms with E-state index in [4.69, 9.17) is 0 Å². The van der Waals surface area contributed by atoms with Crippen LogP contribution in [0.15, 0.2) is 12.2 Å². The summed E-state index contributed by atoms with van der Waals surface area (Å²) in [4.78, 5) is 10.8. The first-order chi connectivity index (χ1) is 7.01. The Morgan fingerprint density at radius 1 is 1.60 bits per heavy atom. The molecule has 0 N–H and O–H groups in total. The van der Waals surface area contributed by atoms with Crippen molar-refractivity contribution in [2.45, 2.75) is 31.1 Å². The van der Waals surface area contributed by atoms with Crippen molar-refractivity contribution in [2.24, 2.45) is 11.8 Å². The lowest BCUT2D eigenvalue weighted by Gasteiger charge is -2.31. The highest BCUT2D eigenvalue weighted by Crippen LogP contribution is 2.50. The molecule has 2 rings (SSSR count). The molecule has 84 valence electrons. The number of fused-ring (bicyclic) bond motifs is 2. The Hall–Kier alpha value is -0.710. The van der Waals surface area contributed by atoms with Crippen molar-refractivity contribution in [1.82, 2.24) is 0 Å². The van der Waals surface area contributed by atoms with Gasteiger partial charge in [-0.2, -0.15) is 0 Å². The van der Waals surface area contributed by atoms with Gasteiger partial charge in [-0.1, -0.05) is 19.1 Å². The minimum Gasteiger partial charge on any atom is -0.264 e. The monoisotopic (exact) mass is 229 g/mol. The van der Waals surface area contributed by atoms with Gasteiger partial charge in [0.05, 0.1) is 0 Å². The van der Waals surface area contributed by atoms with Gasteiger partial charge in [-0.25, -0.2) is 0 Å². The third kappa shape index (κ3) is 1.29. The van der Waals surface area contributed by atoms with Crippen molar-refractivity contribution in [3.8, 4) is 0 Å². The predicted molar refractivity (Wildman–Crippen MR) is 58.6 cm³/mol. The topological polar surface area (TPSA) is 60.2 Å². The van der Waals surface area contributed by atoms with Gasteiger partial charge >= 0.3 is 0 Å². The zero-order valence-corrected chi connectivity index (χ0v) is 9.70. The molecule has 5 heteroatoms. The van der Waals surface area contributed by atoms with Gasteiger partial charge in [-0.15, -0.1) is 0 Å². The third-order valence-electron chi connectivity index (χ3n) is 3.83. The molecule has 2 bridgehead atoms. The summed E-state index contributed by atoms with van der Waals surface area (Å²) in [6, 6.07) is -0.659. The van der Waals surface area contributed by atoms with E-state index in [0.717, 1.165) is 6.42 Å². The average molecular weight is 229 g/mol. The molecule has 0 aromatic carbocycles. The lowest BCUT2D eigenvalue weighted by Crippen LogP contribution is -2.51. The molecule has 0 aliphatic heterocycles. The summed E-state index contributed by atoms with van der Waals surface area (Å²) in [7, 11) is -1.11. The van der Waals surface area contributed by atoms with Crippen LogP contribution in [0.25, 0.3) is 0 Å². The number of allylic oxidation sites excluding steroid dienone is 1. The van der Waals surface area contributed by atoms with Crippen LogP contribution in [0.2, 0.25) is 0 Å². The summed E-state index contributed by atoms with van der Waals surface area (Å²) in [6.45, 7) is 3.64. The van der Waals surface area contributed by atoms with Crippen molar-refractivity contribution < 1.29 is 9.13 Å². The molecule has 5 atom stereocenters. The van der Waals surface area contributed by atoms with Crippen LogP contribution >= 0.6 is 0 Å². The molecule has 0 aromatic heterocycles. The standard InChI is InChI=1S/C10H15NO3S/c1-3-15(14)10(2)8-5-4-7(6-8)9(10)11(12)13/h4-5,7-9H,3,6H2,1-2H3/t7-,8+,9-,10-,15+/m1/s1. The van der Waals surface area contributed by atoms with E-state index >= 15 is 0 Å². The fourth-order valence-electron chi connectivity index (χ4n) is 3.01. The lowest BCUT2D eigenvalue weighted by molar-refractivity contribution is -0.531. The molecule has 15 heavy (non-hydrogen) atoms. The smallest absolute Gasteiger partial charge is 0.236 e. The van der Waals surface area contributed by atoms with Crippen molar-refractivity contribution >= 4 is 10.8 Å². The van der Waals surface area contributed by atoms with Gasteiger partial charge in [-0.05, 0) is 13.3 Å². The van der Waals surface area contributed by atoms with Crippen LogP contribution in [0.5, 0.6) is 0 Å². The molecular formula is C10H15NO3S. The van der Waals surface area contributed by atoms with E-state index < -0.39 is 21.6 Å². The Morgan fingerprint density at radius 2 is 2.27 bits per heavy atom. The molecule has 0 spiro atoms. The van der Waals surface area contributed by atoms with Crippen molar-refractivity contribution in [3.05, 3.63) is 22.3 Å². The highest BCUT2D eigenvalue weighted by Gasteiger charge is 2.62. The minimum atomic E-state index is -1.11. The fourth-order valence-corrected chi connectivity index (χ4v) is 4.68. The number of rotatable bonds is 3. The molecule has 0 heterocycles. The summed E-state index contributed by atoms with van der Waals surface area (Å²) in [5.74, 6) is 0.613. The van der Waals surface area contributed by atoms with E-state index in [1.165, 1.54) is 0 Å². The SMILES string of the molecule is CC[S@](=O)[C@]1(C)[C@H]2C=C[C@H](C2)[C@H]1[N+](=O)[O-]. The molecule has 1 saturated carbocycles. The maximum Gasteiger partial charge on any atom is 0.236 e. The highest BCUT2D eigenvalue weighted by atomic mass is 32.2. The Bertz CT molecular complexity index is 355. The van der Waals surface area contributed by atoms with Gasteiger partial charge in [0.15, 0.2) is 0 Å². The van der Waals surface area contributed by atoms with E-state index in [1.54, 1.807) is 0 Å². The van der Waals surface area contributed by atoms with Crippen LogP contribution in [0.4, 0.5) is 0 Å². The van der Waals surface area contributed by atoms with Crippen molar-refractivity contribution in [3.63, 3.8) is 0 Å². The second kappa shape index (κ2) is 3.40. The molecule has 0 saturated heterocycles. The summed E-state index contributed by atoms with van der Waals surface area (Å²) < 4.78 is 11.4. The van der Waals surface area contributed by atoms with Crippen LogP contribution in [0.1, 0.15) is 20.3 Å². The van der Waals surface area contributed by atoms with E-state index in [9.17, 15) is 14.3 Å². The maximum atomic E-state index is 12.0. The number of hydrogen-bond acceptors (Lipinski definition) is 3. The average Bonchev–Trinajstić information content (AvgIpc) is 2.74. The van der Waals surface area contributed by atoms with E-state index in [1.807, 2.05) is 26.0 Å². The Labute approximate surface area is 91.3 Å². The Morgan fingerprint density at radius 3 is 2.80 bits per heavy atom. The molecule has 0 unspecified atom stereocenters. The molecular weight excluding hydrogens is 214 g/mol. The summed E-state index contributed by atoms with van der Waals surface area (Å²) in [5.41, 5.74) is 0. The first-order valence-electron chi connectivity index (χ1n) is 5.22. The van der Waals surface area contributed by atoms with Crippen molar-refractivity contribution in [2.75, 3.05) is 5.75 Å². The second-order valence-electron chi connectivity index (χ2n) is 4.44. The largest absolute Gasteiger partial charge is 0.264 e. The van der Waals surface area contributed by atoms with E-state index in [0.29, 0.717) is 5.75 Å². The fraction of sp³-hybridized carbons (Fsp3) is 0.800. The van der Waals surface area contributed by atoms with Crippen LogP contribution in [-0.2, 0) is 10.8 Å². The quantitative estimate of drug-likeness (QED) is 0.417. The summed E-state index contributed by atoms with van der Waals surface area (Å²) >= 11 is 0. The molecule has 0 amide bonds. The Kier molecular flexibility index (Phi) is 2.45. The normalized spacial score (nSPS) is 44.5. The molecule has 0 radical (unpaired) electrons. The van der Waals surface area contributed by atoms with Gasteiger partial charge in [0.25, 0.3) is 0 Å². The summed E-state index contributed by atoms with van der Waals surface area (Å²) in [5, 5.41) is 11.1. The van der Waals surface area contributed by atoms with Crippen LogP contribution < -0.4 is 0 Å². The minimum absolute atomic E-state index is 0.00880. The lowest BCUT2D eigenvalue weighted by atomic mass is 9.90. The van der Waals surface area contributed by atoms with Gasteiger partial charge in [0.1, 0.15) is 4.75 Å². The number of nitro groups is 1. The first-order valence-corrected chi connectivity index (χ1v) is 6.54. The summed E-state index contributed by atoms with van der Waals surface area (Å²) in [6.07, 6.45) is 4.73. The molecule has 2 aliphatic carbocycles. The predicted octanol–water partition coefficient (Wildman–Crippen LogP) is 1.36. The maximum absolute atomic E-state index is 12.0. The van der Waals surface area contributed by atoms with Crippen LogP contribution in [0, 0.1) is 22.0 Å². The third-order valence-corrected chi connectivity index (χ3v) is 5.88. The Balaban J connectivity index is 2.41. The van der Waals surface area contributed by atoms with Crippen molar-refractivity contribution in [1.29, 1.82) is 0 Å². The van der Waals surface area contributed by atoms with Gasteiger partial charge < -0.3 is 0 Å². The number of hydrogen-bond donors (Lipinski definition) is 0. The van der Waals surface area contributed by atoms with Crippen LogP contribution in [0.3, 0.4) is 0 Å². The first kappa shape index (κ1) is 10.8. The zero-order chi connectivity index (χ0) is 11.2. The van der Waals surface area contributed by atoms with Crippen LogP contribution in [-0.4, -0.2) is 25.7 Å². The highest BCUT2D eigenvalue weighted by molar-refractivity contribution is 7.86. The zero-order valence-electron chi connectivity index (χ0n) is 8.88. The van der Waals surface area contributed by atoms with Gasteiger partial charge in [-0.3, -0.25) is 14.3 Å². The van der Waals surface area contributed by atoms with E-state index in [2.05, 4.69) is 0 Å².